The van der Waals surface area contributed by atoms with E-state index in [1.54, 1.807) is 0 Å². The summed E-state index contributed by atoms with van der Waals surface area (Å²) in [5.41, 5.74) is -2.67. The Morgan fingerprint density at radius 1 is 1.21 bits per heavy atom. The average molecular weight is 288 g/mol. The standard InChI is InChI=1S/C9H3F7N2O/c10-7-5(19-9(14,15)16)3-4(1-2-17)6(18-7)8(11,12)13/h3H,1H2. The fourth-order valence-electron chi connectivity index (χ4n) is 1.17. The van der Waals surface area contributed by atoms with Crippen molar-refractivity contribution in [2.75, 3.05) is 0 Å². The molecule has 0 aliphatic heterocycles. The Hall–Kier alpha value is -2.05. The van der Waals surface area contributed by atoms with Crippen LogP contribution < -0.4 is 4.74 Å². The lowest BCUT2D eigenvalue weighted by Crippen LogP contribution is -2.20. The maximum atomic E-state index is 13.0. The fraction of sp³-hybridized carbons (Fsp3) is 0.333. The third kappa shape index (κ3) is 3.97. The van der Waals surface area contributed by atoms with Gasteiger partial charge in [0, 0.05) is 5.56 Å². The Balaban J connectivity index is 3.33. The van der Waals surface area contributed by atoms with Crippen molar-refractivity contribution in [1.29, 1.82) is 5.26 Å². The van der Waals surface area contributed by atoms with Crippen molar-refractivity contribution in [2.45, 2.75) is 19.0 Å². The van der Waals surface area contributed by atoms with Crippen LogP contribution in [0, 0.1) is 17.3 Å². The number of halogens is 7. The van der Waals surface area contributed by atoms with Crippen molar-refractivity contribution in [3.8, 4) is 11.8 Å². The first-order valence-electron chi connectivity index (χ1n) is 4.44. The van der Waals surface area contributed by atoms with Crippen LogP contribution in [0.15, 0.2) is 6.07 Å². The van der Waals surface area contributed by atoms with Crippen molar-refractivity contribution in [2.24, 2.45) is 0 Å². The van der Waals surface area contributed by atoms with Gasteiger partial charge < -0.3 is 4.74 Å². The molecule has 0 radical (unpaired) electrons. The fourth-order valence-corrected chi connectivity index (χ4v) is 1.17. The van der Waals surface area contributed by atoms with Crippen LogP contribution in [0.4, 0.5) is 30.7 Å². The van der Waals surface area contributed by atoms with Gasteiger partial charge in [0.2, 0.25) is 0 Å². The molecule has 19 heavy (non-hydrogen) atoms. The lowest BCUT2D eigenvalue weighted by atomic mass is 10.1. The van der Waals surface area contributed by atoms with Gasteiger partial charge in [-0.2, -0.15) is 22.8 Å². The molecule has 0 atom stereocenters. The number of aromatic nitrogens is 1. The molecule has 3 nitrogen and oxygen atoms in total. The van der Waals surface area contributed by atoms with Crippen LogP contribution in [0.25, 0.3) is 0 Å². The molecule has 1 aromatic rings. The molecule has 0 aromatic carbocycles. The molecule has 1 rings (SSSR count). The molecule has 1 heterocycles. The number of hydrogen-bond acceptors (Lipinski definition) is 3. The van der Waals surface area contributed by atoms with Gasteiger partial charge in [0.1, 0.15) is 0 Å². The van der Waals surface area contributed by atoms with E-state index < -0.39 is 41.9 Å². The van der Waals surface area contributed by atoms with Gasteiger partial charge in [-0.15, -0.1) is 13.2 Å². The lowest BCUT2D eigenvalue weighted by Gasteiger charge is -2.14. The molecule has 0 unspecified atom stereocenters. The molecule has 0 amide bonds. The SMILES string of the molecule is N#CCc1cc(OC(F)(F)F)c(F)nc1C(F)(F)F. The number of rotatable bonds is 2. The summed E-state index contributed by atoms with van der Waals surface area (Å²) >= 11 is 0. The molecule has 0 aliphatic carbocycles. The van der Waals surface area contributed by atoms with Gasteiger partial charge in [-0.25, -0.2) is 4.98 Å². The summed E-state index contributed by atoms with van der Waals surface area (Å²) in [5, 5.41) is 8.30. The van der Waals surface area contributed by atoms with Gasteiger partial charge in [-0.1, -0.05) is 0 Å². The molecule has 104 valence electrons. The molecule has 0 bridgehead atoms. The largest absolute Gasteiger partial charge is 0.573 e. The Kier molecular flexibility index (Phi) is 3.88. The van der Waals surface area contributed by atoms with E-state index in [0.29, 0.717) is 0 Å². The second-order valence-electron chi connectivity index (χ2n) is 3.17. The monoisotopic (exact) mass is 288 g/mol. The van der Waals surface area contributed by atoms with Crippen LogP contribution in [0.3, 0.4) is 0 Å². The number of alkyl halides is 6. The maximum absolute atomic E-state index is 13.0. The van der Waals surface area contributed by atoms with Crippen molar-refractivity contribution in [1.82, 2.24) is 4.98 Å². The third-order valence-corrected chi connectivity index (χ3v) is 1.79. The number of nitriles is 1. The van der Waals surface area contributed by atoms with Crippen LogP contribution in [0.5, 0.6) is 5.75 Å². The third-order valence-electron chi connectivity index (χ3n) is 1.79. The number of ether oxygens (including phenoxy) is 1. The van der Waals surface area contributed by atoms with Crippen molar-refractivity contribution in [3.63, 3.8) is 0 Å². The van der Waals surface area contributed by atoms with Gasteiger partial charge in [-0.3, -0.25) is 0 Å². The molecule has 0 saturated heterocycles. The summed E-state index contributed by atoms with van der Waals surface area (Å²) in [6.45, 7) is 0. The quantitative estimate of drug-likeness (QED) is 0.620. The van der Waals surface area contributed by atoms with E-state index in [1.165, 1.54) is 6.07 Å². The molecule has 0 N–H and O–H groups in total. The van der Waals surface area contributed by atoms with E-state index in [2.05, 4.69) is 9.72 Å². The molecule has 0 aliphatic rings. The highest BCUT2D eigenvalue weighted by molar-refractivity contribution is 5.34. The summed E-state index contributed by atoms with van der Waals surface area (Å²) in [7, 11) is 0. The van der Waals surface area contributed by atoms with E-state index in [4.69, 9.17) is 5.26 Å². The molecule has 0 saturated carbocycles. The summed E-state index contributed by atoms with van der Waals surface area (Å²) in [6, 6.07) is 1.46. The number of pyridine rings is 1. The first kappa shape index (κ1) is 15.0. The Bertz CT molecular complexity index is 515. The second-order valence-corrected chi connectivity index (χ2v) is 3.17. The zero-order valence-corrected chi connectivity index (χ0v) is 8.73. The molecule has 1 aromatic heterocycles. The van der Waals surface area contributed by atoms with Crippen LogP contribution in [0.1, 0.15) is 11.3 Å². The van der Waals surface area contributed by atoms with Gasteiger partial charge in [-0.05, 0) is 6.07 Å². The highest BCUT2D eigenvalue weighted by atomic mass is 19.4. The summed E-state index contributed by atoms with van der Waals surface area (Å²) < 4.78 is 89.1. The van der Waals surface area contributed by atoms with E-state index in [9.17, 15) is 30.7 Å². The maximum Gasteiger partial charge on any atom is 0.573 e. The first-order valence-corrected chi connectivity index (χ1v) is 4.44. The van der Waals surface area contributed by atoms with Crippen molar-refractivity contribution in [3.05, 3.63) is 23.3 Å². The Morgan fingerprint density at radius 3 is 2.21 bits per heavy atom. The van der Waals surface area contributed by atoms with Crippen LogP contribution in [-0.2, 0) is 12.6 Å². The lowest BCUT2D eigenvalue weighted by molar-refractivity contribution is -0.275. The number of nitrogens with zero attached hydrogens (tertiary/aromatic N) is 2. The van der Waals surface area contributed by atoms with Crippen LogP contribution in [-0.4, -0.2) is 11.3 Å². The minimum absolute atomic E-state index is 0.155. The molecule has 0 spiro atoms. The smallest absolute Gasteiger partial charge is 0.401 e. The predicted molar refractivity (Wildman–Crippen MR) is 45.2 cm³/mol. The van der Waals surface area contributed by atoms with Gasteiger partial charge >= 0.3 is 12.5 Å². The van der Waals surface area contributed by atoms with Crippen LogP contribution >= 0.6 is 0 Å². The topological polar surface area (TPSA) is 45.9 Å². The minimum Gasteiger partial charge on any atom is -0.401 e. The molecule has 0 fully saturated rings. The van der Waals surface area contributed by atoms with Crippen molar-refractivity contribution < 1.29 is 35.5 Å². The normalized spacial score (nSPS) is 12.1. The highest BCUT2D eigenvalue weighted by Gasteiger charge is 2.38. The van der Waals surface area contributed by atoms with Crippen molar-refractivity contribution >= 4 is 0 Å². The van der Waals surface area contributed by atoms with E-state index in [1.807, 2.05) is 0 Å². The average Bonchev–Trinajstić information content (AvgIpc) is 2.19. The Morgan fingerprint density at radius 2 is 1.79 bits per heavy atom. The van der Waals surface area contributed by atoms with E-state index >= 15 is 0 Å². The summed E-state index contributed by atoms with van der Waals surface area (Å²) in [5.74, 6) is -3.59. The molecular weight excluding hydrogens is 285 g/mol. The summed E-state index contributed by atoms with van der Waals surface area (Å²) in [4.78, 5) is 2.38. The highest BCUT2D eigenvalue weighted by Crippen LogP contribution is 2.34. The van der Waals surface area contributed by atoms with Crippen LogP contribution in [0.2, 0.25) is 0 Å². The second kappa shape index (κ2) is 4.91. The van der Waals surface area contributed by atoms with Gasteiger partial charge in [0.05, 0.1) is 12.5 Å². The van der Waals surface area contributed by atoms with Gasteiger partial charge in [0.25, 0.3) is 5.95 Å². The zero-order chi connectivity index (χ0) is 14.8. The Labute approximate surface area is 101 Å². The minimum atomic E-state index is -5.29. The summed E-state index contributed by atoms with van der Waals surface area (Å²) in [6.07, 6.45) is -11.3. The van der Waals surface area contributed by atoms with E-state index in [-0.39, 0.29) is 6.07 Å². The first-order chi connectivity index (χ1) is 8.54. The predicted octanol–water partition coefficient (Wildman–Crippen LogP) is 3.20. The number of hydrogen-bond donors (Lipinski definition) is 0. The van der Waals surface area contributed by atoms with Gasteiger partial charge in [0.15, 0.2) is 11.4 Å². The molecular formula is C9H3F7N2O. The molecule has 10 heteroatoms. The van der Waals surface area contributed by atoms with E-state index in [0.717, 1.165) is 0 Å². The zero-order valence-electron chi connectivity index (χ0n) is 8.73.